The van der Waals surface area contributed by atoms with Gasteiger partial charge in [-0.2, -0.15) is 5.26 Å². The number of hydrogen-bond donors (Lipinski definition) is 1. The second kappa shape index (κ2) is 7.73. The van der Waals surface area contributed by atoms with Crippen LogP contribution in [0.3, 0.4) is 0 Å². The molecule has 1 unspecified atom stereocenters. The predicted molar refractivity (Wildman–Crippen MR) is 89.0 cm³/mol. The van der Waals surface area contributed by atoms with Gasteiger partial charge in [0.2, 0.25) is 0 Å². The Bertz CT molecular complexity index is 645. The normalized spacial score (nSPS) is 16.5. The molecular formula is C18H20N4O. The van der Waals surface area contributed by atoms with E-state index in [-0.39, 0.29) is 6.04 Å². The number of morpholine rings is 1. The Morgan fingerprint density at radius 2 is 1.96 bits per heavy atom. The third kappa shape index (κ3) is 4.28. The van der Waals surface area contributed by atoms with Crippen LogP contribution in [-0.2, 0) is 4.74 Å². The van der Waals surface area contributed by atoms with Crippen molar-refractivity contribution in [2.75, 3.05) is 38.2 Å². The number of anilines is 1. The lowest BCUT2D eigenvalue weighted by Crippen LogP contribution is -2.40. The Kier molecular flexibility index (Phi) is 5.20. The summed E-state index contributed by atoms with van der Waals surface area (Å²) < 4.78 is 5.43. The monoisotopic (exact) mass is 308 g/mol. The van der Waals surface area contributed by atoms with E-state index in [9.17, 15) is 0 Å². The van der Waals surface area contributed by atoms with Crippen molar-refractivity contribution in [3.8, 4) is 6.07 Å². The summed E-state index contributed by atoms with van der Waals surface area (Å²) in [5, 5.41) is 12.4. The molecule has 0 aliphatic carbocycles. The van der Waals surface area contributed by atoms with E-state index in [1.807, 2.05) is 18.2 Å². The standard InChI is InChI=1S/C18H20N4O/c19-12-16-6-7-17(13-20-16)21-18(15-4-2-1-3-5-15)14-22-8-10-23-11-9-22/h1-7,13,18,21H,8-11,14H2. The molecule has 118 valence electrons. The first-order chi connectivity index (χ1) is 11.3. The molecule has 1 aromatic heterocycles. The summed E-state index contributed by atoms with van der Waals surface area (Å²) in [6.07, 6.45) is 1.72. The van der Waals surface area contributed by atoms with Crippen molar-refractivity contribution < 1.29 is 4.74 Å². The van der Waals surface area contributed by atoms with Gasteiger partial charge in [0.05, 0.1) is 31.1 Å². The Labute approximate surface area is 136 Å². The van der Waals surface area contributed by atoms with Crippen LogP contribution in [0.1, 0.15) is 17.3 Å². The molecule has 5 nitrogen and oxygen atoms in total. The van der Waals surface area contributed by atoms with Crippen LogP contribution in [0.4, 0.5) is 5.69 Å². The highest BCUT2D eigenvalue weighted by Crippen LogP contribution is 2.21. The summed E-state index contributed by atoms with van der Waals surface area (Å²) in [5.74, 6) is 0. The van der Waals surface area contributed by atoms with Gasteiger partial charge < -0.3 is 10.1 Å². The molecule has 23 heavy (non-hydrogen) atoms. The Balaban J connectivity index is 1.75. The first kappa shape index (κ1) is 15.5. The second-order valence-corrected chi connectivity index (χ2v) is 5.56. The van der Waals surface area contributed by atoms with Gasteiger partial charge in [-0.3, -0.25) is 4.90 Å². The lowest BCUT2D eigenvalue weighted by atomic mass is 10.1. The Morgan fingerprint density at radius 3 is 2.61 bits per heavy atom. The maximum absolute atomic E-state index is 8.85. The molecule has 1 aliphatic heterocycles. The fourth-order valence-electron chi connectivity index (χ4n) is 2.71. The molecule has 1 aliphatic rings. The maximum Gasteiger partial charge on any atom is 0.140 e. The van der Waals surface area contributed by atoms with E-state index in [1.54, 1.807) is 12.3 Å². The minimum atomic E-state index is 0.170. The molecule has 3 rings (SSSR count). The van der Waals surface area contributed by atoms with Gasteiger partial charge >= 0.3 is 0 Å². The van der Waals surface area contributed by atoms with Crippen molar-refractivity contribution in [2.45, 2.75) is 6.04 Å². The predicted octanol–water partition coefficient (Wildman–Crippen LogP) is 2.44. The van der Waals surface area contributed by atoms with Crippen molar-refractivity contribution >= 4 is 5.69 Å². The van der Waals surface area contributed by atoms with Crippen LogP contribution in [0.5, 0.6) is 0 Å². The molecule has 2 heterocycles. The molecule has 5 heteroatoms. The molecule has 0 bridgehead atoms. The molecule has 1 saturated heterocycles. The van der Waals surface area contributed by atoms with Gasteiger partial charge in [0, 0.05) is 19.6 Å². The van der Waals surface area contributed by atoms with Crippen LogP contribution >= 0.6 is 0 Å². The summed E-state index contributed by atoms with van der Waals surface area (Å²) in [7, 11) is 0. The average Bonchev–Trinajstić information content (AvgIpc) is 2.63. The molecule has 1 N–H and O–H groups in total. The number of nitriles is 1. The molecular weight excluding hydrogens is 288 g/mol. The SMILES string of the molecule is N#Cc1ccc(NC(CN2CCOCC2)c2ccccc2)cn1. The van der Waals surface area contributed by atoms with Gasteiger partial charge in [-0.25, -0.2) is 4.98 Å². The van der Waals surface area contributed by atoms with Crippen LogP contribution in [0.25, 0.3) is 0 Å². The molecule has 2 aromatic rings. The zero-order valence-electron chi connectivity index (χ0n) is 13.0. The Hall–Kier alpha value is -2.42. The maximum atomic E-state index is 8.85. The van der Waals surface area contributed by atoms with Crippen LogP contribution in [0, 0.1) is 11.3 Å². The average molecular weight is 308 g/mol. The zero-order chi connectivity index (χ0) is 15.9. The molecule has 1 atom stereocenters. The molecule has 0 radical (unpaired) electrons. The number of ether oxygens (including phenoxy) is 1. The van der Waals surface area contributed by atoms with Gasteiger partial charge in [-0.15, -0.1) is 0 Å². The first-order valence-corrected chi connectivity index (χ1v) is 7.83. The summed E-state index contributed by atoms with van der Waals surface area (Å²) >= 11 is 0. The molecule has 0 saturated carbocycles. The number of aromatic nitrogens is 1. The number of pyridine rings is 1. The van der Waals surface area contributed by atoms with E-state index < -0.39 is 0 Å². The van der Waals surface area contributed by atoms with Crippen LogP contribution in [-0.4, -0.2) is 42.7 Å². The first-order valence-electron chi connectivity index (χ1n) is 7.83. The molecule has 1 fully saturated rings. The summed E-state index contributed by atoms with van der Waals surface area (Å²) in [6, 6.07) is 16.3. The molecule has 0 spiro atoms. The van der Waals surface area contributed by atoms with E-state index in [0.717, 1.165) is 38.5 Å². The third-order valence-corrected chi connectivity index (χ3v) is 3.97. The molecule has 0 amide bonds. The summed E-state index contributed by atoms with van der Waals surface area (Å²) in [4.78, 5) is 6.54. The fraction of sp³-hybridized carbons (Fsp3) is 0.333. The van der Waals surface area contributed by atoms with Gasteiger partial charge in [0.1, 0.15) is 11.8 Å². The fourth-order valence-corrected chi connectivity index (χ4v) is 2.71. The van der Waals surface area contributed by atoms with Crippen molar-refractivity contribution in [3.05, 3.63) is 59.9 Å². The van der Waals surface area contributed by atoms with Gasteiger partial charge in [0.25, 0.3) is 0 Å². The largest absolute Gasteiger partial charge is 0.379 e. The van der Waals surface area contributed by atoms with E-state index in [2.05, 4.69) is 39.5 Å². The van der Waals surface area contributed by atoms with Gasteiger partial charge in [-0.1, -0.05) is 30.3 Å². The smallest absolute Gasteiger partial charge is 0.140 e. The molecule has 1 aromatic carbocycles. The second-order valence-electron chi connectivity index (χ2n) is 5.56. The van der Waals surface area contributed by atoms with Gasteiger partial charge in [-0.05, 0) is 17.7 Å². The van der Waals surface area contributed by atoms with Crippen molar-refractivity contribution in [1.29, 1.82) is 5.26 Å². The van der Waals surface area contributed by atoms with E-state index in [4.69, 9.17) is 10.00 Å². The van der Waals surface area contributed by atoms with E-state index in [0.29, 0.717) is 5.69 Å². The minimum absolute atomic E-state index is 0.170. The highest BCUT2D eigenvalue weighted by molar-refractivity contribution is 5.45. The Morgan fingerprint density at radius 1 is 1.17 bits per heavy atom. The number of nitrogens with zero attached hydrogens (tertiary/aromatic N) is 3. The summed E-state index contributed by atoms with van der Waals surface area (Å²) in [6.45, 7) is 4.40. The van der Waals surface area contributed by atoms with E-state index in [1.165, 1.54) is 5.56 Å². The van der Waals surface area contributed by atoms with E-state index >= 15 is 0 Å². The number of nitrogens with one attached hydrogen (secondary N) is 1. The number of benzene rings is 1. The highest BCUT2D eigenvalue weighted by Gasteiger charge is 2.18. The third-order valence-electron chi connectivity index (χ3n) is 3.97. The highest BCUT2D eigenvalue weighted by atomic mass is 16.5. The lowest BCUT2D eigenvalue weighted by Gasteiger charge is -2.31. The van der Waals surface area contributed by atoms with Crippen LogP contribution < -0.4 is 5.32 Å². The van der Waals surface area contributed by atoms with Crippen molar-refractivity contribution in [2.24, 2.45) is 0 Å². The van der Waals surface area contributed by atoms with Crippen molar-refractivity contribution in [1.82, 2.24) is 9.88 Å². The van der Waals surface area contributed by atoms with Crippen LogP contribution in [0.15, 0.2) is 48.7 Å². The number of hydrogen-bond acceptors (Lipinski definition) is 5. The zero-order valence-corrected chi connectivity index (χ0v) is 13.0. The number of rotatable bonds is 5. The topological polar surface area (TPSA) is 61.2 Å². The van der Waals surface area contributed by atoms with Crippen molar-refractivity contribution in [3.63, 3.8) is 0 Å². The lowest BCUT2D eigenvalue weighted by molar-refractivity contribution is 0.0361. The van der Waals surface area contributed by atoms with Crippen LogP contribution in [0.2, 0.25) is 0 Å². The van der Waals surface area contributed by atoms with Gasteiger partial charge in [0.15, 0.2) is 0 Å². The summed E-state index contributed by atoms with van der Waals surface area (Å²) in [5.41, 5.74) is 2.59. The minimum Gasteiger partial charge on any atom is -0.379 e. The quantitative estimate of drug-likeness (QED) is 0.919.